The van der Waals surface area contributed by atoms with E-state index in [0.29, 0.717) is 47.9 Å². The van der Waals surface area contributed by atoms with Gasteiger partial charge in [0.2, 0.25) is 0 Å². The number of aryl methyl sites for hydroxylation is 3. The lowest BCUT2D eigenvalue weighted by atomic mass is 9.95. The van der Waals surface area contributed by atoms with E-state index < -0.39 is 11.6 Å². The first kappa shape index (κ1) is 22.5. The van der Waals surface area contributed by atoms with Crippen LogP contribution in [0.25, 0.3) is 22.6 Å². The fourth-order valence-corrected chi connectivity index (χ4v) is 4.62. The van der Waals surface area contributed by atoms with Gasteiger partial charge < -0.3 is 9.88 Å². The minimum atomic E-state index is -0.661. The highest BCUT2D eigenvalue weighted by molar-refractivity contribution is 5.77. The Kier molecular flexibility index (Phi) is 6.58. The molecule has 34 heavy (non-hydrogen) atoms. The van der Waals surface area contributed by atoms with Crippen molar-refractivity contribution in [1.29, 1.82) is 0 Å². The van der Waals surface area contributed by atoms with Gasteiger partial charge in [-0.15, -0.1) is 0 Å². The second kappa shape index (κ2) is 9.93. The zero-order valence-corrected chi connectivity index (χ0v) is 18.8. The summed E-state index contributed by atoms with van der Waals surface area (Å²) in [5.41, 5.74) is 1.47. The lowest BCUT2D eigenvalue weighted by Crippen LogP contribution is -2.28. The second-order valence-corrected chi connectivity index (χ2v) is 8.75. The van der Waals surface area contributed by atoms with Crippen molar-refractivity contribution in [3.05, 3.63) is 77.5 Å². The quantitative estimate of drug-likeness (QED) is 0.413. The Balaban J connectivity index is 1.50. The van der Waals surface area contributed by atoms with Gasteiger partial charge in [0.05, 0.1) is 11.8 Å². The normalized spacial score (nSPS) is 14.7. The Bertz CT molecular complexity index is 1280. The van der Waals surface area contributed by atoms with Crippen LogP contribution in [0.4, 0.5) is 13.2 Å². The van der Waals surface area contributed by atoms with E-state index in [0.717, 1.165) is 32.4 Å². The van der Waals surface area contributed by atoms with Crippen molar-refractivity contribution in [2.24, 2.45) is 5.92 Å². The molecule has 0 saturated carbocycles. The number of aromatic nitrogens is 4. The van der Waals surface area contributed by atoms with E-state index in [4.69, 9.17) is 4.98 Å². The topological polar surface area (TPSA) is 55.6 Å². The summed E-state index contributed by atoms with van der Waals surface area (Å²) in [6.07, 6.45) is 5.49. The number of hydrogen-bond acceptors (Lipinski definition) is 4. The number of hydrogen-bond donors (Lipinski definition) is 1. The van der Waals surface area contributed by atoms with Gasteiger partial charge in [-0.2, -0.15) is 0 Å². The third-order valence-corrected chi connectivity index (χ3v) is 6.52. The van der Waals surface area contributed by atoms with Crippen molar-refractivity contribution < 1.29 is 13.2 Å². The highest BCUT2D eigenvalue weighted by atomic mass is 19.1. The molecule has 1 fully saturated rings. The summed E-state index contributed by atoms with van der Waals surface area (Å²) >= 11 is 0. The molecule has 0 unspecified atom stereocenters. The Hall–Kier alpha value is -3.26. The van der Waals surface area contributed by atoms with Crippen molar-refractivity contribution in [2.45, 2.75) is 38.6 Å². The van der Waals surface area contributed by atoms with Crippen LogP contribution in [0.3, 0.4) is 0 Å². The van der Waals surface area contributed by atoms with Crippen molar-refractivity contribution >= 4 is 11.2 Å². The van der Waals surface area contributed by atoms with Gasteiger partial charge in [0.1, 0.15) is 34.6 Å². The summed E-state index contributed by atoms with van der Waals surface area (Å²) < 4.78 is 45.2. The molecule has 2 aromatic carbocycles. The maximum atomic E-state index is 14.7. The molecular formula is C26H26F3N5. The predicted octanol–water partition coefficient (Wildman–Crippen LogP) is 5.09. The molecule has 2 aromatic heterocycles. The number of nitrogens with one attached hydrogen (secondary N) is 1. The van der Waals surface area contributed by atoms with Crippen LogP contribution in [0.5, 0.6) is 0 Å². The molecule has 5 nitrogen and oxygen atoms in total. The van der Waals surface area contributed by atoms with Gasteiger partial charge in [-0.3, -0.25) is 0 Å². The third-order valence-electron chi connectivity index (χ3n) is 6.52. The van der Waals surface area contributed by atoms with Gasteiger partial charge in [-0.1, -0.05) is 24.3 Å². The molecule has 176 valence electrons. The van der Waals surface area contributed by atoms with Crippen LogP contribution in [-0.4, -0.2) is 32.6 Å². The number of piperidine rings is 1. The average Bonchev–Trinajstić information content (AvgIpc) is 3.20. The van der Waals surface area contributed by atoms with Gasteiger partial charge in [0.15, 0.2) is 5.65 Å². The smallest absolute Gasteiger partial charge is 0.164 e. The monoisotopic (exact) mass is 465 g/mol. The van der Waals surface area contributed by atoms with Crippen LogP contribution in [0, 0.1) is 23.4 Å². The molecule has 5 rings (SSSR count). The lowest BCUT2D eigenvalue weighted by Gasteiger charge is -2.23. The Labute approximate surface area is 196 Å². The maximum absolute atomic E-state index is 14.7. The highest BCUT2D eigenvalue weighted by Gasteiger charge is 2.22. The van der Waals surface area contributed by atoms with Crippen LogP contribution in [-0.2, 0) is 19.4 Å². The molecule has 0 aliphatic carbocycles. The SMILES string of the molecule is Fc1ccccc1CCc1ncc2nc(-c3c(F)cccc3F)n(CCC3CCNCC3)c2n1. The highest BCUT2D eigenvalue weighted by Crippen LogP contribution is 2.30. The molecule has 0 bridgehead atoms. The summed E-state index contributed by atoms with van der Waals surface area (Å²) in [6.45, 7) is 2.51. The number of rotatable bonds is 7. The van der Waals surface area contributed by atoms with E-state index in [-0.39, 0.29) is 17.2 Å². The molecule has 0 radical (unpaired) electrons. The van der Waals surface area contributed by atoms with Gasteiger partial charge in [0, 0.05) is 13.0 Å². The van der Waals surface area contributed by atoms with E-state index in [1.807, 2.05) is 4.57 Å². The molecule has 1 N–H and O–H groups in total. The zero-order valence-electron chi connectivity index (χ0n) is 18.8. The second-order valence-electron chi connectivity index (χ2n) is 8.75. The number of fused-ring (bicyclic) bond motifs is 1. The van der Waals surface area contributed by atoms with Gasteiger partial charge in [0.25, 0.3) is 0 Å². The number of halogens is 3. The number of nitrogens with zero attached hydrogens (tertiary/aromatic N) is 4. The first-order chi connectivity index (χ1) is 16.6. The van der Waals surface area contributed by atoms with Crippen LogP contribution >= 0.6 is 0 Å². The maximum Gasteiger partial charge on any atom is 0.164 e. The van der Waals surface area contributed by atoms with Gasteiger partial charge >= 0.3 is 0 Å². The molecule has 3 heterocycles. The molecule has 4 aromatic rings. The molecule has 1 aliphatic rings. The fraction of sp³-hybridized carbons (Fsp3) is 0.346. The van der Waals surface area contributed by atoms with E-state index >= 15 is 0 Å². The standard InChI is InChI=1S/C26H26F3N5/c27-19-5-2-1-4-18(19)8-9-23-31-16-22-25(33-23)34(15-12-17-10-13-30-14-11-17)26(32-22)24-20(28)6-3-7-21(24)29/h1-7,16-17,30H,8-15H2. The zero-order chi connectivity index (χ0) is 23.5. The van der Waals surface area contributed by atoms with Gasteiger partial charge in [-0.05, 0) is 68.5 Å². The van der Waals surface area contributed by atoms with Crippen LogP contribution in [0.1, 0.15) is 30.7 Å². The molecule has 0 amide bonds. The van der Waals surface area contributed by atoms with E-state index in [1.54, 1.807) is 24.4 Å². The Morgan fingerprint density at radius 1 is 0.882 bits per heavy atom. The predicted molar refractivity (Wildman–Crippen MR) is 125 cm³/mol. The van der Waals surface area contributed by atoms with Crippen molar-refractivity contribution in [1.82, 2.24) is 24.8 Å². The third kappa shape index (κ3) is 4.68. The molecule has 0 atom stereocenters. The van der Waals surface area contributed by atoms with Crippen molar-refractivity contribution in [2.75, 3.05) is 13.1 Å². The van der Waals surface area contributed by atoms with Crippen LogP contribution in [0.15, 0.2) is 48.7 Å². The molecule has 0 spiro atoms. The summed E-state index contributed by atoms with van der Waals surface area (Å²) in [4.78, 5) is 13.6. The van der Waals surface area contributed by atoms with E-state index in [9.17, 15) is 13.2 Å². The summed E-state index contributed by atoms with van der Waals surface area (Å²) in [6, 6.07) is 10.5. The fourth-order valence-electron chi connectivity index (χ4n) is 4.62. The summed E-state index contributed by atoms with van der Waals surface area (Å²) in [5, 5.41) is 3.36. The number of benzene rings is 2. The minimum Gasteiger partial charge on any atom is -0.317 e. The summed E-state index contributed by atoms with van der Waals surface area (Å²) in [7, 11) is 0. The molecule has 1 aliphatic heterocycles. The van der Waals surface area contributed by atoms with Crippen LogP contribution < -0.4 is 5.32 Å². The molecule has 1 saturated heterocycles. The average molecular weight is 466 g/mol. The van der Waals surface area contributed by atoms with E-state index in [2.05, 4.69) is 15.3 Å². The first-order valence-corrected chi connectivity index (χ1v) is 11.7. The number of imidazole rings is 1. The minimum absolute atomic E-state index is 0.154. The van der Waals surface area contributed by atoms with E-state index in [1.165, 1.54) is 24.3 Å². The Morgan fingerprint density at radius 3 is 2.38 bits per heavy atom. The van der Waals surface area contributed by atoms with Crippen molar-refractivity contribution in [3.8, 4) is 11.4 Å². The lowest BCUT2D eigenvalue weighted by molar-refractivity contribution is 0.339. The van der Waals surface area contributed by atoms with Crippen molar-refractivity contribution in [3.63, 3.8) is 0 Å². The summed E-state index contributed by atoms with van der Waals surface area (Å²) in [5.74, 6) is -0.288. The van der Waals surface area contributed by atoms with Crippen LogP contribution in [0.2, 0.25) is 0 Å². The molecule has 8 heteroatoms. The Morgan fingerprint density at radius 2 is 1.62 bits per heavy atom. The largest absolute Gasteiger partial charge is 0.317 e. The first-order valence-electron chi connectivity index (χ1n) is 11.7. The molecular weight excluding hydrogens is 439 g/mol. The van der Waals surface area contributed by atoms with Gasteiger partial charge in [-0.25, -0.2) is 28.1 Å².